The van der Waals surface area contributed by atoms with Gasteiger partial charge in [0, 0.05) is 22.3 Å². The molecular formula is C42H16F20N2. The lowest BCUT2D eigenvalue weighted by atomic mass is 9.69. The lowest BCUT2D eigenvalue weighted by Crippen LogP contribution is -2.57. The Labute approximate surface area is 344 Å². The third-order valence-corrected chi connectivity index (χ3v) is 11.1. The van der Waals surface area contributed by atoms with E-state index in [0.29, 0.717) is 48.5 Å². The Morgan fingerprint density at radius 1 is 0.281 bits per heavy atom. The van der Waals surface area contributed by atoms with Crippen LogP contribution in [0.3, 0.4) is 0 Å². The number of halogens is 20. The Morgan fingerprint density at radius 3 is 0.656 bits per heavy atom. The van der Waals surface area contributed by atoms with Gasteiger partial charge in [0.15, 0.2) is 46.5 Å². The number of fused-ring (bicyclic) bond motifs is 4. The number of para-hydroxylation sites is 4. The van der Waals surface area contributed by atoms with Crippen molar-refractivity contribution in [3.63, 3.8) is 0 Å². The molecular weight excluding hydrogens is 912 g/mol. The van der Waals surface area contributed by atoms with Crippen LogP contribution in [0.25, 0.3) is 11.1 Å². The van der Waals surface area contributed by atoms with E-state index in [1.807, 2.05) is 0 Å². The van der Waals surface area contributed by atoms with Crippen molar-refractivity contribution in [1.29, 1.82) is 0 Å². The highest BCUT2D eigenvalue weighted by Crippen LogP contribution is 2.66. The summed E-state index contributed by atoms with van der Waals surface area (Å²) in [5.74, 6) is -23.0. The lowest BCUT2D eigenvalue weighted by molar-refractivity contribution is -0.290. The van der Waals surface area contributed by atoms with Gasteiger partial charge in [0.1, 0.15) is 11.4 Å². The number of anilines is 6. The first-order chi connectivity index (χ1) is 29.7. The maximum absolute atomic E-state index is 16.4. The highest BCUT2D eigenvalue weighted by molar-refractivity contribution is 5.90. The highest BCUT2D eigenvalue weighted by atomic mass is 19.4. The Balaban J connectivity index is 1.37. The van der Waals surface area contributed by atoms with Crippen molar-refractivity contribution < 1.29 is 87.8 Å². The summed E-state index contributed by atoms with van der Waals surface area (Å²) in [6.45, 7) is 0. The fourth-order valence-corrected chi connectivity index (χ4v) is 8.59. The van der Waals surface area contributed by atoms with Gasteiger partial charge in [-0.1, -0.05) is 72.8 Å². The number of rotatable bonds is 3. The van der Waals surface area contributed by atoms with Crippen molar-refractivity contribution in [2.75, 3.05) is 9.80 Å². The van der Waals surface area contributed by atoms with Crippen LogP contribution in [-0.2, 0) is 10.8 Å². The topological polar surface area (TPSA) is 6.48 Å². The molecule has 0 aromatic heterocycles. The molecule has 334 valence electrons. The van der Waals surface area contributed by atoms with Gasteiger partial charge in [0.2, 0.25) is 10.8 Å². The Hall–Kier alpha value is -6.48. The zero-order valence-electron chi connectivity index (χ0n) is 30.7. The molecule has 0 spiro atoms. The van der Waals surface area contributed by atoms with Gasteiger partial charge in [-0.05, 0) is 24.3 Å². The van der Waals surface area contributed by atoms with E-state index in [2.05, 4.69) is 0 Å². The van der Waals surface area contributed by atoms with E-state index in [1.165, 1.54) is 0 Å². The van der Waals surface area contributed by atoms with Crippen LogP contribution in [0.15, 0.2) is 97.1 Å². The van der Waals surface area contributed by atoms with Crippen LogP contribution in [0.2, 0.25) is 0 Å². The molecule has 22 heteroatoms. The summed E-state index contributed by atoms with van der Waals surface area (Å²) >= 11 is 0. The second kappa shape index (κ2) is 14.0. The zero-order chi connectivity index (χ0) is 47.0. The molecule has 64 heavy (non-hydrogen) atoms. The normalized spacial score (nSPS) is 15.7. The molecule has 0 N–H and O–H groups in total. The first-order valence-electron chi connectivity index (χ1n) is 17.7. The summed E-state index contributed by atoms with van der Waals surface area (Å²) in [6.07, 6.45) is -25.1. The first kappa shape index (κ1) is 44.1. The van der Waals surface area contributed by atoms with Crippen LogP contribution in [0.5, 0.6) is 0 Å². The minimum atomic E-state index is -6.27. The van der Waals surface area contributed by atoms with Crippen LogP contribution >= 0.6 is 0 Å². The van der Waals surface area contributed by atoms with Crippen molar-refractivity contribution >= 4 is 34.1 Å². The third kappa shape index (κ3) is 5.48. The van der Waals surface area contributed by atoms with Crippen LogP contribution in [0.4, 0.5) is 122 Å². The minimum Gasteiger partial charge on any atom is -0.304 e. The number of nitrogens with zero attached hydrogens (tertiary/aromatic N) is 2. The number of benzene rings is 6. The van der Waals surface area contributed by atoms with E-state index in [4.69, 9.17) is 0 Å². The van der Waals surface area contributed by atoms with Crippen LogP contribution in [0, 0.1) is 46.5 Å². The maximum Gasteiger partial charge on any atom is 0.411 e. The molecule has 2 heterocycles. The summed E-state index contributed by atoms with van der Waals surface area (Å²) in [5, 5.41) is 0. The molecule has 8 rings (SSSR count). The van der Waals surface area contributed by atoms with Crippen molar-refractivity contribution in [2.24, 2.45) is 0 Å². The second-order valence-corrected chi connectivity index (χ2v) is 14.2. The number of hydrogen-bond donors (Lipinski definition) is 0. The molecule has 0 fully saturated rings. The van der Waals surface area contributed by atoms with E-state index >= 15 is 35.1 Å². The molecule has 0 radical (unpaired) electrons. The summed E-state index contributed by atoms with van der Waals surface area (Å²) in [4.78, 5) is -0.212. The van der Waals surface area contributed by atoms with E-state index < -0.39 is 150 Å². The Bertz CT molecular complexity index is 2530. The van der Waals surface area contributed by atoms with Gasteiger partial charge in [0.25, 0.3) is 0 Å². The van der Waals surface area contributed by atoms with Crippen LogP contribution < -0.4 is 9.80 Å². The average Bonchev–Trinajstić information content (AvgIpc) is 3.21. The van der Waals surface area contributed by atoms with Gasteiger partial charge in [-0.3, -0.25) is 0 Å². The van der Waals surface area contributed by atoms with Crippen LogP contribution in [0.1, 0.15) is 22.3 Å². The molecule has 0 unspecified atom stereocenters. The number of alkyl halides is 12. The third-order valence-electron chi connectivity index (χ3n) is 11.1. The molecule has 0 amide bonds. The largest absolute Gasteiger partial charge is 0.411 e. The van der Waals surface area contributed by atoms with Gasteiger partial charge in [-0.15, -0.1) is 0 Å². The highest BCUT2D eigenvalue weighted by Gasteiger charge is 2.76. The zero-order valence-corrected chi connectivity index (χ0v) is 30.7. The fourth-order valence-electron chi connectivity index (χ4n) is 8.59. The standard InChI is InChI=1S/C42H16F20N2/c43-27-25(28(44)32(48)35(31(27)47)63-21-13-5-1-9-17(21)37(39(51,52)53,40(54,55)56)18-10-2-6-14-22(18)63)26-29(45)33(49)36(34(50)30(26)46)64-23-15-7-3-11-19(23)38(41(57,58)59,42(60,61)62)20-12-4-8-16-24(20)64/h1-16H. The SMILES string of the molecule is Fc1c(F)c(N2c3ccccc3C(C(F)(F)F)(C(F)(F)F)c3ccccc32)c(F)c(F)c1-c1c(F)c(F)c(N2c3ccccc3C(C(F)(F)F)(C(F)(F)F)c3ccccc32)c(F)c1F. The van der Waals surface area contributed by atoms with Crippen molar-refractivity contribution in [3.05, 3.63) is 166 Å². The molecule has 2 aliphatic rings. The van der Waals surface area contributed by atoms with Crippen molar-refractivity contribution in [3.8, 4) is 11.1 Å². The Morgan fingerprint density at radius 2 is 0.469 bits per heavy atom. The molecule has 0 saturated heterocycles. The summed E-state index contributed by atoms with van der Waals surface area (Å²) in [6, 6.07) is 8.56. The molecule has 6 aromatic carbocycles. The van der Waals surface area contributed by atoms with Gasteiger partial charge in [-0.2, -0.15) is 52.7 Å². The maximum atomic E-state index is 16.4. The average molecular weight is 929 g/mol. The van der Waals surface area contributed by atoms with Gasteiger partial charge in [0.05, 0.1) is 33.9 Å². The van der Waals surface area contributed by atoms with E-state index in [-0.39, 0.29) is 34.1 Å². The van der Waals surface area contributed by atoms with Crippen molar-refractivity contribution in [2.45, 2.75) is 35.5 Å². The smallest absolute Gasteiger partial charge is 0.304 e. The molecule has 2 nitrogen and oxygen atoms in total. The molecule has 0 bridgehead atoms. The van der Waals surface area contributed by atoms with Crippen LogP contribution in [-0.4, -0.2) is 24.7 Å². The quantitative estimate of drug-likeness (QED) is 0.129. The number of hydrogen-bond acceptors (Lipinski definition) is 2. The van der Waals surface area contributed by atoms with Gasteiger partial charge >= 0.3 is 24.7 Å². The van der Waals surface area contributed by atoms with E-state index in [9.17, 15) is 52.7 Å². The monoisotopic (exact) mass is 928 g/mol. The van der Waals surface area contributed by atoms with E-state index in [0.717, 1.165) is 24.3 Å². The van der Waals surface area contributed by atoms with Gasteiger partial charge in [-0.25, -0.2) is 35.1 Å². The first-order valence-corrected chi connectivity index (χ1v) is 17.7. The minimum absolute atomic E-state index is 0.106. The molecule has 2 aliphatic heterocycles. The van der Waals surface area contributed by atoms with E-state index in [1.54, 1.807) is 0 Å². The molecule has 0 atom stereocenters. The second-order valence-electron chi connectivity index (χ2n) is 14.2. The fraction of sp³-hybridized carbons (Fsp3) is 0.143. The molecule has 0 aliphatic carbocycles. The molecule has 6 aromatic rings. The summed E-state index contributed by atoms with van der Waals surface area (Å²) in [5.41, 5.74) is -31.9. The Kier molecular flexibility index (Phi) is 9.66. The predicted octanol–water partition coefficient (Wildman–Crippen LogP) is 14.9. The summed E-state index contributed by atoms with van der Waals surface area (Å²) < 4.78 is 308. The summed E-state index contributed by atoms with van der Waals surface area (Å²) in [7, 11) is 0. The molecule has 0 saturated carbocycles. The lowest BCUT2D eigenvalue weighted by Gasteiger charge is -2.46. The van der Waals surface area contributed by atoms with Crippen molar-refractivity contribution in [1.82, 2.24) is 0 Å². The predicted molar refractivity (Wildman–Crippen MR) is 187 cm³/mol. The van der Waals surface area contributed by atoms with Gasteiger partial charge < -0.3 is 9.80 Å².